The predicted octanol–water partition coefficient (Wildman–Crippen LogP) is -1.04. The monoisotopic (exact) mass is 415 g/mol. The normalized spacial score (nSPS) is 41.6. The number of phenolic OH excluding ortho intramolecular Hbond substituents is 1. The molecule has 30 heavy (non-hydrogen) atoms. The van der Waals surface area contributed by atoms with Gasteiger partial charge >= 0.3 is 0 Å². The Morgan fingerprint density at radius 3 is 2.50 bits per heavy atom. The minimum absolute atomic E-state index is 0.171. The molecule has 10 heteroatoms. The summed E-state index contributed by atoms with van der Waals surface area (Å²) < 4.78 is 5.87. The average Bonchev–Trinajstić information content (AvgIpc) is 2.66. The van der Waals surface area contributed by atoms with Gasteiger partial charge in [-0.2, -0.15) is 0 Å². The highest BCUT2D eigenvalue weighted by Gasteiger charge is 2.77. The van der Waals surface area contributed by atoms with E-state index in [9.17, 15) is 39.6 Å². The molecule has 1 heterocycles. The first-order valence-electron chi connectivity index (χ1n) is 9.25. The Morgan fingerprint density at radius 1 is 1.20 bits per heavy atom. The van der Waals surface area contributed by atoms with Crippen LogP contribution in [0.15, 0.2) is 29.5 Å². The molecule has 1 aliphatic heterocycles. The van der Waals surface area contributed by atoms with Crippen LogP contribution in [-0.2, 0) is 24.7 Å². The highest BCUT2D eigenvalue weighted by Crippen LogP contribution is 2.64. The Balaban J connectivity index is 1.89. The minimum atomic E-state index is -3.01. The van der Waals surface area contributed by atoms with E-state index >= 15 is 0 Å². The SMILES string of the molecule is C[C@@]12O[C@@]3(O)C(O)=C(C(N)=O)C(=O)[C@@]4(O)C(=O)[C@@H](C(=O)c5c(O)cccc51)[C@H]2C[C@H]43. The van der Waals surface area contributed by atoms with Crippen LogP contribution in [0.1, 0.15) is 29.3 Å². The number of fused-ring (bicyclic) bond motifs is 2. The number of aromatic hydroxyl groups is 1. The van der Waals surface area contributed by atoms with Crippen LogP contribution in [0.4, 0.5) is 0 Å². The van der Waals surface area contributed by atoms with Gasteiger partial charge in [0.05, 0.1) is 23.0 Å². The Morgan fingerprint density at radius 2 is 1.87 bits per heavy atom. The first kappa shape index (κ1) is 18.9. The van der Waals surface area contributed by atoms with Gasteiger partial charge in [0.25, 0.3) is 5.91 Å². The van der Waals surface area contributed by atoms with Crippen LogP contribution in [0.25, 0.3) is 0 Å². The van der Waals surface area contributed by atoms with Gasteiger partial charge in [0.1, 0.15) is 11.3 Å². The second-order valence-electron chi connectivity index (χ2n) is 8.39. The molecule has 6 N–H and O–H groups in total. The standard InChI is InChI=1S/C20H17NO9/c1-18-6-3-2-4-8(22)10(6)13(23)11-7(18)5-9-19(28,14(11)24)15(25)12(17(21)27)16(26)20(9,29)30-18/h2-4,7,9,11,22,26,28-29H,5H2,1H3,(H2,21,27)/t7-,9-,11-,18-,19+,20-/m1/s1. The molecule has 4 aliphatic rings. The summed E-state index contributed by atoms with van der Waals surface area (Å²) in [6.07, 6.45) is -0.247. The molecule has 0 spiro atoms. The molecule has 1 saturated carbocycles. The number of Topliss-reactive ketones (excluding diaryl/α,β-unsaturated/α-hetero) is 3. The van der Waals surface area contributed by atoms with Crippen molar-refractivity contribution in [3.63, 3.8) is 0 Å². The van der Waals surface area contributed by atoms with Crippen molar-refractivity contribution in [1.82, 2.24) is 0 Å². The fourth-order valence-corrected chi connectivity index (χ4v) is 5.72. The first-order valence-corrected chi connectivity index (χ1v) is 9.25. The van der Waals surface area contributed by atoms with E-state index in [1.807, 2.05) is 0 Å². The lowest BCUT2D eigenvalue weighted by Crippen LogP contribution is -2.77. The highest BCUT2D eigenvalue weighted by atomic mass is 16.7. The lowest BCUT2D eigenvalue weighted by molar-refractivity contribution is -0.356. The van der Waals surface area contributed by atoms with Crippen molar-refractivity contribution in [3.05, 3.63) is 40.7 Å². The molecule has 1 aromatic rings. The van der Waals surface area contributed by atoms with Crippen LogP contribution in [-0.4, -0.2) is 55.1 Å². The summed E-state index contributed by atoms with van der Waals surface area (Å²) >= 11 is 0. The number of rotatable bonds is 1. The second kappa shape index (κ2) is 5.15. The third-order valence-corrected chi connectivity index (χ3v) is 7.10. The van der Waals surface area contributed by atoms with E-state index in [4.69, 9.17) is 10.5 Å². The number of amides is 1. The lowest BCUT2D eigenvalue weighted by Gasteiger charge is -2.62. The number of phenols is 1. The maximum absolute atomic E-state index is 13.4. The summed E-state index contributed by atoms with van der Waals surface area (Å²) in [5.41, 5.74) is -0.634. The molecule has 156 valence electrons. The number of aliphatic hydroxyl groups is 3. The molecule has 1 aromatic carbocycles. The van der Waals surface area contributed by atoms with Gasteiger partial charge in [0.15, 0.2) is 22.9 Å². The molecule has 0 unspecified atom stereocenters. The maximum Gasteiger partial charge on any atom is 0.256 e. The van der Waals surface area contributed by atoms with Gasteiger partial charge in [0, 0.05) is 5.92 Å². The van der Waals surface area contributed by atoms with Crippen molar-refractivity contribution in [2.75, 3.05) is 0 Å². The number of hydrogen-bond donors (Lipinski definition) is 5. The molecule has 2 fully saturated rings. The second-order valence-corrected chi connectivity index (χ2v) is 8.39. The van der Waals surface area contributed by atoms with Gasteiger partial charge in [0.2, 0.25) is 11.6 Å². The van der Waals surface area contributed by atoms with E-state index in [0.29, 0.717) is 0 Å². The quantitative estimate of drug-likeness (QED) is 0.282. The topological polar surface area (TPSA) is 184 Å². The summed E-state index contributed by atoms with van der Waals surface area (Å²) in [5.74, 6) is -13.6. The fourth-order valence-electron chi connectivity index (χ4n) is 5.72. The highest BCUT2D eigenvalue weighted by molar-refractivity contribution is 6.32. The summed E-state index contributed by atoms with van der Waals surface area (Å²) in [6, 6.07) is 4.15. The van der Waals surface area contributed by atoms with Crippen LogP contribution < -0.4 is 5.73 Å². The van der Waals surface area contributed by atoms with Gasteiger partial charge < -0.3 is 30.9 Å². The number of nitrogens with two attached hydrogens (primary N) is 1. The minimum Gasteiger partial charge on any atom is -0.507 e. The predicted molar refractivity (Wildman–Crippen MR) is 94.7 cm³/mol. The maximum atomic E-state index is 13.4. The molecule has 0 radical (unpaired) electrons. The van der Waals surface area contributed by atoms with Gasteiger partial charge in [-0.1, -0.05) is 12.1 Å². The zero-order valence-electron chi connectivity index (χ0n) is 15.6. The molecule has 1 amide bonds. The number of primary amides is 1. The number of aliphatic hydroxyl groups excluding tert-OH is 1. The fraction of sp³-hybridized carbons (Fsp3) is 0.400. The third-order valence-electron chi connectivity index (χ3n) is 7.10. The zero-order chi connectivity index (χ0) is 22.0. The van der Waals surface area contributed by atoms with E-state index in [-0.39, 0.29) is 17.5 Å². The summed E-state index contributed by atoms with van der Waals surface area (Å²) in [5, 5.41) is 43.4. The van der Waals surface area contributed by atoms with E-state index in [1.165, 1.54) is 25.1 Å². The van der Waals surface area contributed by atoms with E-state index in [0.717, 1.165) is 0 Å². The number of benzene rings is 1. The lowest BCUT2D eigenvalue weighted by atomic mass is 9.49. The van der Waals surface area contributed by atoms with E-state index in [2.05, 4.69) is 0 Å². The molecule has 1 saturated heterocycles. The molecule has 0 aromatic heterocycles. The Kier molecular flexibility index (Phi) is 3.25. The Hall–Kier alpha value is -3.08. The van der Waals surface area contributed by atoms with Crippen molar-refractivity contribution in [2.24, 2.45) is 23.5 Å². The van der Waals surface area contributed by atoms with Gasteiger partial charge in [-0.05, 0) is 25.0 Å². The number of ketones is 3. The molecule has 5 rings (SSSR count). The Bertz CT molecular complexity index is 1140. The summed E-state index contributed by atoms with van der Waals surface area (Å²) in [6.45, 7) is 1.47. The van der Waals surface area contributed by atoms with Crippen molar-refractivity contribution < 1.29 is 44.3 Å². The van der Waals surface area contributed by atoms with Crippen molar-refractivity contribution >= 4 is 23.3 Å². The molecule has 6 atom stereocenters. The molecule has 10 nitrogen and oxygen atoms in total. The zero-order valence-corrected chi connectivity index (χ0v) is 15.6. The van der Waals surface area contributed by atoms with Crippen molar-refractivity contribution in [1.29, 1.82) is 0 Å². The number of ether oxygens (including phenoxy) is 1. The van der Waals surface area contributed by atoms with Crippen molar-refractivity contribution in [2.45, 2.75) is 30.3 Å². The smallest absolute Gasteiger partial charge is 0.256 e. The van der Waals surface area contributed by atoms with Crippen molar-refractivity contribution in [3.8, 4) is 5.75 Å². The van der Waals surface area contributed by atoms with E-state index in [1.54, 1.807) is 0 Å². The Labute approximate surface area is 168 Å². The molecule has 2 bridgehead atoms. The molecule has 3 aliphatic carbocycles. The first-order chi connectivity index (χ1) is 13.9. The van der Waals surface area contributed by atoms with Crippen LogP contribution >= 0.6 is 0 Å². The largest absolute Gasteiger partial charge is 0.507 e. The van der Waals surface area contributed by atoms with Gasteiger partial charge in [-0.15, -0.1) is 0 Å². The van der Waals surface area contributed by atoms with Crippen LogP contribution in [0.3, 0.4) is 0 Å². The third kappa shape index (κ3) is 1.72. The average molecular weight is 415 g/mol. The van der Waals surface area contributed by atoms with Gasteiger partial charge in [-0.25, -0.2) is 0 Å². The number of carbonyl (C=O) groups excluding carboxylic acids is 4. The summed E-state index contributed by atoms with van der Waals surface area (Å²) in [4.78, 5) is 51.3. The summed E-state index contributed by atoms with van der Waals surface area (Å²) in [7, 11) is 0. The van der Waals surface area contributed by atoms with E-state index < -0.39 is 75.1 Å². The number of hydrogen-bond acceptors (Lipinski definition) is 9. The molecular formula is C20H17NO9. The van der Waals surface area contributed by atoms with Gasteiger partial charge in [-0.3, -0.25) is 19.2 Å². The van der Waals surface area contributed by atoms with Crippen LogP contribution in [0, 0.1) is 17.8 Å². The number of carbonyl (C=O) groups is 4. The molecular weight excluding hydrogens is 398 g/mol. The van der Waals surface area contributed by atoms with Crippen LogP contribution in [0.2, 0.25) is 0 Å². The van der Waals surface area contributed by atoms with Crippen LogP contribution in [0.5, 0.6) is 5.75 Å².